The Hall–Kier alpha value is -3.06. The van der Waals surface area contributed by atoms with Crippen molar-refractivity contribution in [2.24, 2.45) is 0 Å². The fraction of sp³-hybridized carbons (Fsp3) is 0.211. The first-order chi connectivity index (χ1) is 13.1. The summed E-state index contributed by atoms with van der Waals surface area (Å²) < 4.78 is 12.5. The van der Waals surface area contributed by atoms with Crippen LogP contribution in [0.3, 0.4) is 0 Å². The summed E-state index contributed by atoms with van der Waals surface area (Å²) in [6, 6.07) is 6.91. The van der Waals surface area contributed by atoms with Crippen LogP contribution in [0, 0.1) is 0 Å². The third kappa shape index (κ3) is 4.38. The number of benzene rings is 1. The second kappa shape index (κ2) is 8.55. The largest absolute Gasteiger partial charge is 0.493 e. The fourth-order valence-electron chi connectivity index (χ4n) is 2.45. The number of halogens is 1. The predicted octanol–water partition coefficient (Wildman–Crippen LogP) is 3.83. The first-order valence-corrected chi connectivity index (χ1v) is 8.78. The maximum absolute atomic E-state index is 12.3. The van der Waals surface area contributed by atoms with Crippen molar-refractivity contribution in [2.75, 3.05) is 19.0 Å². The van der Waals surface area contributed by atoms with Gasteiger partial charge in [0.1, 0.15) is 5.82 Å². The van der Waals surface area contributed by atoms with Gasteiger partial charge >= 0.3 is 0 Å². The summed E-state index contributed by atoms with van der Waals surface area (Å²) in [5.41, 5.74) is 1.37. The molecule has 0 aliphatic carbocycles. The molecule has 0 bridgehead atoms. The topological polar surface area (TPSA) is 77.8 Å². The first kappa shape index (κ1) is 18.7. The number of hydrogen-bond acceptors (Lipinski definition) is 5. The van der Waals surface area contributed by atoms with Crippen LogP contribution >= 0.6 is 11.6 Å². The number of fused-ring (bicyclic) bond motifs is 1. The number of ether oxygens (including phenoxy) is 2. The molecule has 1 N–H and O–H groups in total. The molecule has 0 aliphatic rings. The number of nitrogens with zero attached hydrogens (tertiary/aromatic N) is 3. The molecular weight excluding hydrogens is 368 g/mol. The minimum absolute atomic E-state index is 0.306. The lowest BCUT2D eigenvalue weighted by molar-refractivity contribution is -0.111. The van der Waals surface area contributed by atoms with E-state index in [9.17, 15) is 4.79 Å². The van der Waals surface area contributed by atoms with Crippen LogP contribution in [-0.2, 0) is 4.79 Å². The molecule has 27 heavy (non-hydrogen) atoms. The van der Waals surface area contributed by atoms with Crippen molar-refractivity contribution >= 4 is 35.0 Å². The number of rotatable bonds is 7. The maximum atomic E-state index is 12.3. The van der Waals surface area contributed by atoms with Gasteiger partial charge in [-0.15, -0.1) is 0 Å². The smallest absolute Gasteiger partial charge is 0.249 e. The van der Waals surface area contributed by atoms with Crippen LogP contribution in [0.25, 0.3) is 11.7 Å². The number of aromatic nitrogens is 3. The van der Waals surface area contributed by atoms with Gasteiger partial charge in [-0.1, -0.05) is 18.5 Å². The Balaban J connectivity index is 1.76. The van der Waals surface area contributed by atoms with Gasteiger partial charge in [-0.2, -0.15) is 9.61 Å². The van der Waals surface area contributed by atoms with Crippen molar-refractivity contribution < 1.29 is 14.3 Å². The highest BCUT2D eigenvalue weighted by Gasteiger charge is 2.11. The molecule has 8 heteroatoms. The Kier molecular flexibility index (Phi) is 5.93. The number of carbonyl (C=O) groups is 1. The fourth-order valence-corrected chi connectivity index (χ4v) is 2.72. The molecule has 0 saturated heterocycles. The van der Waals surface area contributed by atoms with E-state index < -0.39 is 0 Å². The third-order valence-corrected chi connectivity index (χ3v) is 3.95. The molecule has 0 aliphatic heterocycles. The van der Waals surface area contributed by atoms with Gasteiger partial charge in [0.05, 0.1) is 24.9 Å². The van der Waals surface area contributed by atoms with Crippen molar-refractivity contribution in [1.29, 1.82) is 0 Å². The summed E-state index contributed by atoms with van der Waals surface area (Å²) in [5.74, 6) is 1.24. The number of methoxy groups -OCH3 is 1. The van der Waals surface area contributed by atoms with Crippen molar-refractivity contribution in [3.63, 3.8) is 0 Å². The van der Waals surface area contributed by atoms with Crippen LogP contribution in [-0.4, -0.2) is 34.2 Å². The Morgan fingerprint density at radius 1 is 1.33 bits per heavy atom. The number of amides is 1. The number of carbonyl (C=O) groups excluding carboxylic acids is 1. The summed E-state index contributed by atoms with van der Waals surface area (Å²) in [6.45, 7) is 2.55. The zero-order valence-electron chi connectivity index (χ0n) is 15.0. The molecule has 1 amide bonds. The van der Waals surface area contributed by atoms with Gasteiger partial charge in [-0.05, 0) is 36.3 Å². The zero-order chi connectivity index (χ0) is 19.2. The van der Waals surface area contributed by atoms with E-state index in [2.05, 4.69) is 15.4 Å². The SMILES string of the molecule is CCCOc1c(Cl)cc(/C=C/C(=O)Nc2ccnc3ccnn23)cc1OC. The van der Waals surface area contributed by atoms with Crippen LogP contribution in [0.4, 0.5) is 5.82 Å². The predicted molar refractivity (Wildman–Crippen MR) is 104 cm³/mol. The summed E-state index contributed by atoms with van der Waals surface area (Å²) in [7, 11) is 1.55. The van der Waals surface area contributed by atoms with Gasteiger partial charge in [-0.25, -0.2) is 4.98 Å². The Morgan fingerprint density at radius 2 is 2.19 bits per heavy atom. The molecule has 1 aromatic carbocycles. The van der Waals surface area contributed by atoms with E-state index in [4.69, 9.17) is 21.1 Å². The van der Waals surface area contributed by atoms with Crippen molar-refractivity contribution in [1.82, 2.24) is 14.6 Å². The van der Waals surface area contributed by atoms with E-state index in [1.54, 1.807) is 54.4 Å². The summed E-state index contributed by atoms with van der Waals surface area (Å²) in [4.78, 5) is 16.4. The highest BCUT2D eigenvalue weighted by molar-refractivity contribution is 6.32. The van der Waals surface area contributed by atoms with Crippen LogP contribution in [0.15, 0.2) is 42.7 Å². The lowest BCUT2D eigenvalue weighted by atomic mass is 10.2. The van der Waals surface area contributed by atoms with Gasteiger partial charge in [0.25, 0.3) is 0 Å². The summed E-state index contributed by atoms with van der Waals surface area (Å²) >= 11 is 6.29. The quantitative estimate of drug-likeness (QED) is 0.624. The Morgan fingerprint density at radius 3 is 2.96 bits per heavy atom. The molecule has 2 heterocycles. The van der Waals surface area contributed by atoms with E-state index in [0.29, 0.717) is 34.6 Å². The molecule has 3 rings (SSSR count). The normalized spacial score (nSPS) is 11.1. The summed E-state index contributed by atoms with van der Waals surface area (Å²) in [6.07, 6.45) is 7.14. The number of hydrogen-bond donors (Lipinski definition) is 1. The van der Waals surface area contributed by atoms with Gasteiger partial charge in [0, 0.05) is 18.3 Å². The van der Waals surface area contributed by atoms with E-state index in [-0.39, 0.29) is 5.91 Å². The summed E-state index contributed by atoms with van der Waals surface area (Å²) in [5, 5.41) is 7.32. The van der Waals surface area contributed by atoms with E-state index >= 15 is 0 Å². The molecule has 7 nitrogen and oxygen atoms in total. The van der Waals surface area contributed by atoms with Crippen molar-refractivity contribution in [3.8, 4) is 11.5 Å². The molecule has 0 radical (unpaired) electrons. The molecule has 0 fully saturated rings. The third-order valence-electron chi connectivity index (χ3n) is 3.67. The van der Waals surface area contributed by atoms with Crippen LogP contribution < -0.4 is 14.8 Å². The van der Waals surface area contributed by atoms with E-state index in [1.807, 2.05) is 6.92 Å². The lowest BCUT2D eigenvalue weighted by Gasteiger charge is -2.12. The van der Waals surface area contributed by atoms with E-state index in [1.165, 1.54) is 6.08 Å². The molecule has 0 saturated carbocycles. The second-order valence-electron chi connectivity index (χ2n) is 5.64. The average Bonchev–Trinajstić information content (AvgIpc) is 3.15. The standard InChI is InChI=1S/C19H19ClN4O3/c1-3-10-27-19-14(20)11-13(12-15(19)26-2)4-5-18(25)23-17-6-8-21-16-7-9-22-24(16)17/h4-9,11-12H,3,10H2,1-2H3,(H,23,25)/b5-4+. The molecular formula is C19H19ClN4O3. The second-order valence-corrected chi connectivity index (χ2v) is 6.04. The average molecular weight is 387 g/mol. The van der Waals surface area contributed by atoms with Crippen molar-refractivity contribution in [2.45, 2.75) is 13.3 Å². The molecule has 0 unspecified atom stereocenters. The maximum Gasteiger partial charge on any atom is 0.249 e. The molecule has 3 aromatic rings. The minimum atomic E-state index is -0.306. The number of anilines is 1. The van der Waals surface area contributed by atoms with Gasteiger partial charge in [0.2, 0.25) is 5.91 Å². The zero-order valence-corrected chi connectivity index (χ0v) is 15.7. The van der Waals surface area contributed by atoms with Crippen LogP contribution in [0.1, 0.15) is 18.9 Å². The minimum Gasteiger partial charge on any atom is -0.493 e. The molecule has 0 spiro atoms. The molecule has 140 valence electrons. The highest BCUT2D eigenvalue weighted by Crippen LogP contribution is 2.36. The van der Waals surface area contributed by atoms with Crippen LogP contribution in [0.5, 0.6) is 11.5 Å². The van der Waals surface area contributed by atoms with Crippen molar-refractivity contribution in [3.05, 3.63) is 53.3 Å². The number of nitrogens with one attached hydrogen (secondary N) is 1. The van der Waals surface area contributed by atoms with Gasteiger partial charge < -0.3 is 14.8 Å². The van der Waals surface area contributed by atoms with Gasteiger partial charge in [-0.3, -0.25) is 4.79 Å². The van der Waals surface area contributed by atoms with Gasteiger partial charge in [0.15, 0.2) is 17.1 Å². The Labute approximate surface area is 161 Å². The van der Waals surface area contributed by atoms with E-state index in [0.717, 1.165) is 12.0 Å². The Bertz CT molecular complexity index is 984. The van der Waals surface area contributed by atoms with Crippen LogP contribution in [0.2, 0.25) is 5.02 Å². The monoisotopic (exact) mass is 386 g/mol. The molecule has 0 atom stereocenters. The first-order valence-electron chi connectivity index (χ1n) is 8.40. The lowest BCUT2D eigenvalue weighted by Crippen LogP contribution is -2.11. The highest BCUT2D eigenvalue weighted by atomic mass is 35.5. The molecule has 2 aromatic heterocycles.